The van der Waals surface area contributed by atoms with Crippen LogP contribution >= 0.6 is 22.6 Å². The lowest BCUT2D eigenvalue weighted by atomic mass is 10.1. The molecule has 0 aliphatic rings. The molecule has 0 amide bonds. The molecule has 26 heavy (non-hydrogen) atoms. The minimum atomic E-state index is 0.832. The average Bonchev–Trinajstić information content (AvgIpc) is 2.67. The summed E-state index contributed by atoms with van der Waals surface area (Å²) in [4.78, 5) is 0. The predicted octanol–water partition coefficient (Wildman–Crippen LogP) is 8.26. The molecular weight excluding hydrogens is 431 g/mol. The normalized spacial score (nSPS) is 10.8. The Morgan fingerprint density at radius 1 is 0.692 bits per heavy atom. The summed E-state index contributed by atoms with van der Waals surface area (Å²) < 4.78 is 7.18. The van der Waals surface area contributed by atoms with E-state index < -0.39 is 0 Å². The predicted molar refractivity (Wildman–Crippen MR) is 122 cm³/mol. The lowest BCUT2D eigenvalue weighted by Crippen LogP contribution is -1.97. The molecule has 142 valence electrons. The smallest absolute Gasteiger partial charge is 0.119 e. The van der Waals surface area contributed by atoms with Crippen LogP contribution in [0.15, 0.2) is 48.5 Å². The number of hydrogen-bond acceptors (Lipinski definition) is 1. The van der Waals surface area contributed by atoms with Crippen molar-refractivity contribution >= 4 is 22.6 Å². The van der Waals surface area contributed by atoms with Crippen LogP contribution in [0.4, 0.5) is 0 Å². The zero-order chi connectivity index (χ0) is 18.5. The highest BCUT2D eigenvalue weighted by Crippen LogP contribution is 2.26. The zero-order valence-electron chi connectivity index (χ0n) is 16.2. The molecule has 0 aliphatic carbocycles. The van der Waals surface area contributed by atoms with Gasteiger partial charge in [-0.15, -0.1) is 0 Å². The maximum absolute atomic E-state index is 5.90. The van der Waals surface area contributed by atoms with Gasteiger partial charge >= 0.3 is 0 Å². The first-order valence-electron chi connectivity index (χ1n) is 10.3. The van der Waals surface area contributed by atoms with Gasteiger partial charge in [-0.3, -0.25) is 0 Å². The fourth-order valence-corrected chi connectivity index (χ4v) is 3.90. The van der Waals surface area contributed by atoms with Gasteiger partial charge in [0.05, 0.1) is 6.61 Å². The van der Waals surface area contributed by atoms with Crippen molar-refractivity contribution < 1.29 is 4.74 Å². The van der Waals surface area contributed by atoms with Crippen LogP contribution in [-0.4, -0.2) is 6.61 Å². The Hall–Kier alpha value is -1.03. The highest BCUT2D eigenvalue weighted by molar-refractivity contribution is 14.1. The maximum atomic E-state index is 5.90. The van der Waals surface area contributed by atoms with Gasteiger partial charge < -0.3 is 4.74 Å². The molecule has 0 saturated carbocycles. The van der Waals surface area contributed by atoms with E-state index in [0.717, 1.165) is 18.8 Å². The van der Waals surface area contributed by atoms with Crippen molar-refractivity contribution in [2.75, 3.05) is 6.61 Å². The summed E-state index contributed by atoms with van der Waals surface area (Å²) in [6.45, 7) is 3.11. The third-order valence-electron chi connectivity index (χ3n) is 4.81. The lowest BCUT2D eigenvalue weighted by Gasteiger charge is -2.08. The van der Waals surface area contributed by atoms with E-state index in [1.165, 1.54) is 72.5 Å². The second-order valence-electron chi connectivity index (χ2n) is 7.03. The first-order valence-corrected chi connectivity index (χ1v) is 11.4. The SMILES string of the molecule is CCCCCCCCCCCCOc1ccc(-c2ccccc2I)cc1. The Labute approximate surface area is 173 Å². The average molecular weight is 464 g/mol. The van der Waals surface area contributed by atoms with Crippen molar-refractivity contribution in [3.63, 3.8) is 0 Å². The molecule has 0 saturated heterocycles. The van der Waals surface area contributed by atoms with Crippen LogP contribution in [0.3, 0.4) is 0 Å². The summed E-state index contributed by atoms with van der Waals surface area (Å²) in [5.74, 6) is 0.982. The van der Waals surface area contributed by atoms with Gasteiger partial charge in [0.2, 0.25) is 0 Å². The first kappa shape index (κ1) is 21.3. The zero-order valence-corrected chi connectivity index (χ0v) is 18.3. The van der Waals surface area contributed by atoms with Crippen molar-refractivity contribution in [3.05, 3.63) is 52.1 Å². The summed E-state index contributed by atoms with van der Waals surface area (Å²) in [7, 11) is 0. The fourth-order valence-electron chi connectivity index (χ4n) is 3.21. The largest absolute Gasteiger partial charge is 0.494 e. The molecule has 2 aromatic rings. The third kappa shape index (κ3) is 8.11. The van der Waals surface area contributed by atoms with Gasteiger partial charge in [0.15, 0.2) is 0 Å². The molecule has 0 atom stereocenters. The molecule has 0 N–H and O–H groups in total. The van der Waals surface area contributed by atoms with Gasteiger partial charge in [-0.05, 0) is 58.3 Å². The topological polar surface area (TPSA) is 9.23 Å². The van der Waals surface area contributed by atoms with Crippen molar-refractivity contribution in [2.45, 2.75) is 71.1 Å². The van der Waals surface area contributed by atoms with Gasteiger partial charge in [-0.25, -0.2) is 0 Å². The Morgan fingerprint density at radius 3 is 1.88 bits per heavy atom. The van der Waals surface area contributed by atoms with Crippen LogP contribution < -0.4 is 4.74 Å². The summed E-state index contributed by atoms with van der Waals surface area (Å²) in [5, 5.41) is 0. The Kier molecular flexibility index (Phi) is 10.8. The minimum absolute atomic E-state index is 0.832. The molecule has 0 heterocycles. The van der Waals surface area contributed by atoms with Crippen LogP contribution in [0.2, 0.25) is 0 Å². The minimum Gasteiger partial charge on any atom is -0.494 e. The van der Waals surface area contributed by atoms with Crippen LogP contribution in [0.25, 0.3) is 11.1 Å². The maximum Gasteiger partial charge on any atom is 0.119 e. The summed E-state index contributed by atoms with van der Waals surface area (Å²) >= 11 is 2.39. The Bertz CT molecular complexity index is 606. The van der Waals surface area contributed by atoms with E-state index in [1.54, 1.807) is 0 Å². The van der Waals surface area contributed by atoms with Crippen molar-refractivity contribution in [1.82, 2.24) is 0 Å². The van der Waals surface area contributed by atoms with E-state index in [4.69, 9.17) is 4.74 Å². The molecule has 2 rings (SSSR count). The molecule has 0 fully saturated rings. The number of hydrogen-bond donors (Lipinski definition) is 0. The molecule has 2 heteroatoms. The Balaban J connectivity index is 1.56. The van der Waals surface area contributed by atoms with Gasteiger partial charge in [0.25, 0.3) is 0 Å². The van der Waals surface area contributed by atoms with Crippen molar-refractivity contribution in [3.8, 4) is 16.9 Å². The van der Waals surface area contributed by atoms with Gasteiger partial charge in [-0.1, -0.05) is 95.0 Å². The first-order chi connectivity index (χ1) is 12.8. The van der Waals surface area contributed by atoms with Crippen LogP contribution in [0.1, 0.15) is 71.1 Å². The van der Waals surface area contributed by atoms with Crippen LogP contribution in [0, 0.1) is 3.57 Å². The molecule has 1 nitrogen and oxygen atoms in total. The van der Waals surface area contributed by atoms with Gasteiger partial charge in [-0.2, -0.15) is 0 Å². The summed E-state index contributed by atoms with van der Waals surface area (Å²) in [6, 6.07) is 17.0. The molecule has 0 bridgehead atoms. The van der Waals surface area contributed by atoms with E-state index in [2.05, 4.69) is 78.0 Å². The molecule has 0 unspecified atom stereocenters. The highest BCUT2D eigenvalue weighted by Gasteiger charge is 2.02. The molecule has 0 aromatic heterocycles. The fraction of sp³-hybridized carbons (Fsp3) is 0.500. The molecular formula is C24H33IO. The van der Waals surface area contributed by atoms with E-state index >= 15 is 0 Å². The van der Waals surface area contributed by atoms with Gasteiger partial charge in [0, 0.05) is 3.57 Å². The standard InChI is InChI=1S/C24H33IO/c1-2-3-4-5-6-7-8-9-10-13-20-26-22-18-16-21(17-19-22)23-14-11-12-15-24(23)25/h11-12,14-19H,2-10,13,20H2,1H3. The second kappa shape index (κ2) is 13.2. The Morgan fingerprint density at radius 2 is 1.27 bits per heavy atom. The number of halogens is 1. The van der Waals surface area contributed by atoms with Crippen LogP contribution in [0.5, 0.6) is 5.75 Å². The molecule has 2 aromatic carbocycles. The van der Waals surface area contributed by atoms with E-state index in [-0.39, 0.29) is 0 Å². The number of unbranched alkanes of at least 4 members (excludes halogenated alkanes) is 9. The molecule has 0 aliphatic heterocycles. The van der Waals surface area contributed by atoms with Gasteiger partial charge in [0.1, 0.15) is 5.75 Å². The van der Waals surface area contributed by atoms with E-state index in [1.807, 2.05) is 0 Å². The van der Waals surface area contributed by atoms with Crippen molar-refractivity contribution in [1.29, 1.82) is 0 Å². The summed E-state index contributed by atoms with van der Waals surface area (Å²) in [6.07, 6.45) is 13.6. The quantitative estimate of drug-likeness (QED) is 0.214. The highest BCUT2D eigenvalue weighted by atomic mass is 127. The number of ether oxygens (including phenoxy) is 1. The van der Waals surface area contributed by atoms with Crippen LogP contribution in [-0.2, 0) is 0 Å². The molecule has 0 radical (unpaired) electrons. The monoisotopic (exact) mass is 464 g/mol. The molecule has 0 spiro atoms. The second-order valence-corrected chi connectivity index (χ2v) is 8.20. The van der Waals surface area contributed by atoms with E-state index in [0.29, 0.717) is 0 Å². The number of benzene rings is 2. The van der Waals surface area contributed by atoms with E-state index in [9.17, 15) is 0 Å². The lowest BCUT2D eigenvalue weighted by molar-refractivity contribution is 0.304. The summed E-state index contributed by atoms with van der Waals surface area (Å²) in [5.41, 5.74) is 2.54. The third-order valence-corrected chi connectivity index (χ3v) is 5.75. The number of rotatable bonds is 13. The van der Waals surface area contributed by atoms with Crippen molar-refractivity contribution in [2.24, 2.45) is 0 Å².